The molecule has 0 aromatic heterocycles. The maximum absolute atomic E-state index is 11.1. The van der Waals surface area contributed by atoms with Crippen molar-refractivity contribution in [3.05, 3.63) is 48.1 Å². The van der Waals surface area contributed by atoms with Gasteiger partial charge in [-0.2, -0.15) is 0 Å². The molecular formula is C16H20N2OS. The molecule has 0 aliphatic carbocycles. The molecule has 106 valence electrons. The Hall–Kier alpha value is -1.52. The van der Waals surface area contributed by atoms with Crippen molar-refractivity contribution >= 4 is 23.7 Å². The highest BCUT2D eigenvalue weighted by Crippen LogP contribution is 2.24. The average Bonchev–Trinajstić information content (AvgIpc) is 2.46. The third kappa shape index (κ3) is 4.25. The fourth-order valence-electron chi connectivity index (χ4n) is 1.99. The fourth-order valence-corrected chi connectivity index (χ4v) is 2.80. The number of carbonyl (C=O) groups is 1. The van der Waals surface area contributed by atoms with Crippen molar-refractivity contribution in [2.24, 2.45) is 0 Å². The minimum atomic E-state index is 0.0631. The quantitative estimate of drug-likeness (QED) is 0.646. The van der Waals surface area contributed by atoms with E-state index in [1.54, 1.807) is 11.8 Å². The van der Waals surface area contributed by atoms with Crippen LogP contribution in [-0.4, -0.2) is 17.7 Å². The summed E-state index contributed by atoms with van der Waals surface area (Å²) in [5, 5.41) is 0. The summed E-state index contributed by atoms with van der Waals surface area (Å²) in [4.78, 5) is 12.3. The van der Waals surface area contributed by atoms with Gasteiger partial charge >= 0.3 is 0 Å². The van der Waals surface area contributed by atoms with E-state index in [1.807, 2.05) is 6.08 Å². The summed E-state index contributed by atoms with van der Waals surface area (Å²) in [6.45, 7) is 5.88. The molecule has 0 saturated carbocycles. The maximum Gasteiger partial charge on any atom is 0.234 e. The van der Waals surface area contributed by atoms with Gasteiger partial charge < -0.3 is 0 Å². The lowest BCUT2D eigenvalue weighted by Crippen LogP contribution is -2.48. The molecule has 3 nitrogen and oxygen atoms in total. The van der Waals surface area contributed by atoms with E-state index in [0.717, 1.165) is 12.2 Å². The highest BCUT2D eigenvalue weighted by atomic mass is 32.2. The van der Waals surface area contributed by atoms with Crippen LogP contribution < -0.4 is 10.9 Å². The zero-order valence-corrected chi connectivity index (χ0v) is 12.5. The molecule has 1 amide bonds. The van der Waals surface area contributed by atoms with Crippen LogP contribution in [0.1, 0.15) is 24.0 Å². The number of rotatable bonds is 5. The number of carbonyl (C=O) groups excluding carboxylic acids is 1. The molecule has 1 heterocycles. The third-order valence-electron chi connectivity index (χ3n) is 3.17. The molecule has 1 atom stereocenters. The summed E-state index contributed by atoms with van der Waals surface area (Å²) in [6, 6.07) is 6.66. The minimum Gasteiger partial charge on any atom is -0.291 e. The maximum atomic E-state index is 11.1. The summed E-state index contributed by atoms with van der Waals surface area (Å²) in [5.41, 5.74) is 8.13. The van der Waals surface area contributed by atoms with Crippen molar-refractivity contribution in [1.82, 2.24) is 10.9 Å². The zero-order valence-electron chi connectivity index (χ0n) is 11.7. The molecule has 1 aromatic carbocycles. The molecule has 1 aromatic rings. The van der Waals surface area contributed by atoms with Crippen LogP contribution in [0, 0.1) is 6.92 Å². The highest BCUT2D eigenvalue weighted by Gasteiger charge is 2.14. The zero-order chi connectivity index (χ0) is 14.4. The van der Waals surface area contributed by atoms with Gasteiger partial charge in [0.05, 0.1) is 0 Å². The van der Waals surface area contributed by atoms with E-state index < -0.39 is 0 Å². The van der Waals surface area contributed by atoms with E-state index in [9.17, 15) is 4.79 Å². The molecule has 4 heteroatoms. The van der Waals surface area contributed by atoms with Crippen molar-refractivity contribution in [2.75, 3.05) is 5.75 Å². The van der Waals surface area contributed by atoms with E-state index >= 15 is 0 Å². The Balaban J connectivity index is 2.01. The van der Waals surface area contributed by atoms with Crippen LogP contribution in [0.2, 0.25) is 0 Å². The molecule has 2 N–H and O–H groups in total. The van der Waals surface area contributed by atoms with Gasteiger partial charge in [0.1, 0.15) is 0 Å². The van der Waals surface area contributed by atoms with E-state index in [0.29, 0.717) is 6.42 Å². The first kappa shape index (κ1) is 14.9. The van der Waals surface area contributed by atoms with Gasteiger partial charge in [-0.3, -0.25) is 10.2 Å². The van der Waals surface area contributed by atoms with Crippen LogP contribution in [0.15, 0.2) is 41.8 Å². The number of nitrogens with one attached hydrogen (secondary N) is 2. The Kier molecular flexibility index (Phi) is 5.44. The summed E-state index contributed by atoms with van der Waals surface area (Å²) in [7, 11) is 0. The summed E-state index contributed by atoms with van der Waals surface area (Å²) in [6.07, 6.45) is 7.54. The lowest BCUT2D eigenvalue weighted by atomic mass is 10.1. The van der Waals surface area contributed by atoms with E-state index in [4.69, 9.17) is 0 Å². The second kappa shape index (κ2) is 7.31. The van der Waals surface area contributed by atoms with Gasteiger partial charge in [-0.05, 0) is 30.5 Å². The summed E-state index contributed by atoms with van der Waals surface area (Å²) in [5.74, 6) is 0.984. The minimum absolute atomic E-state index is 0.0631. The van der Waals surface area contributed by atoms with Crippen LogP contribution in [0.5, 0.6) is 0 Å². The van der Waals surface area contributed by atoms with Gasteiger partial charge in [0.25, 0.3) is 0 Å². The van der Waals surface area contributed by atoms with Crippen molar-refractivity contribution in [1.29, 1.82) is 0 Å². The lowest BCUT2D eigenvalue weighted by Gasteiger charge is -2.20. The molecule has 0 bridgehead atoms. The van der Waals surface area contributed by atoms with Crippen molar-refractivity contribution in [2.45, 2.75) is 30.7 Å². The summed E-state index contributed by atoms with van der Waals surface area (Å²) >= 11 is 1.80. The SMILES string of the molecule is C=CCSc1cc(/C=C/C2CCC(=O)NN2)ccc1C. The summed E-state index contributed by atoms with van der Waals surface area (Å²) < 4.78 is 0. The number of hydrogen-bond donors (Lipinski definition) is 2. The topological polar surface area (TPSA) is 41.1 Å². The second-order valence-corrected chi connectivity index (χ2v) is 5.88. The Morgan fingerprint density at radius 2 is 2.35 bits per heavy atom. The van der Waals surface area contributed by atoms with E-state index in [1.165, 1.54) is 16.0 Å². The largest absolute Gasteiger partial charge is 0.291 e. The predicted octanol–water partition coefficient (Wildman–Crippen LogP) is 3.07. The van der Waals surface area contributed by atoms with Gasteiger partial charge in [-0.15, -0.1) is 18.3 Å². The molecule has 1 saturated heterocycles. The molecule has 20 heavy (non-hydrogen) atoms. The van der Waals surface area contributed by atoms with Gasteiger partial charge in [0.2, 0.25) is 5.91 Å². The van der Waals surface area contributed by atoms with Crippen LogP contribution >= 0.6 is 11.8 Å². The Morgan fingerprint density at radius 3 is 3.05 bits per heavy atom. The number of hydrazine groups is 1. The van der Waals surface area contributed by atoms with Gasteiger partial charge in [0.15, 0.2) is 0 Å². The van der Waals surface area contributed by atoms with Crippen molar-refractivity contribution in [3.8, 4) is 0 Å². The number of thioether (sulfide) groups is 1. The second-order valence-electron chi connectivity index (χ2n) is 4.82. The smallest absolute Gasteiger partial charge is 0.234 e. The molecule has 1 unspecified atom stereocenters. The standard InChI is InChI=1S/C16H20N2OS/c1-3-10-20-15-11-13(5-4-12(15)2)6-7-14-8-9-16(19)18-17-14/h3-7,11,14,17H,1,8-10H2,2H3,(H,18,19)/b7-6+. The number of amides is 1. The molecule has 1 aliphatic rings. The number of aryl methyl sites for hydroxylation is 1. The van der Waals surface area contributed by atoms with Gasteiger partial charge in [0, 0.05) is 23.1 Å². The molecule has 2 rings (SSSR count). The van der Waals surface area contributed by atoms with Gasteiger partial charge in [-0.1, -0.05) is 30.4 Å². The van der Waals surface area contributed by atoms with E-state index in [2.05, 4.69) is 54.7 Å². The molecule has 0 spiro atoms. The first-order chi connectivity index (χ1) is 9.69. The number of hydrogen-bond acceptors (Lipinski definition) is 3. The van der Waals surface area contributed by atoms with Crippen LogP contribution in [0.3, 0.4) is 0 Å². The predicted molar refractivity (Wildman–Crippen MR) is 85.4 cm³/mol. The van der Waals surface area contributed by atoms with Gasteiger partial charge in [-0.25, -0.2) is 5.43 Å². The third-order valence-corrected chi connectivity index (χ3v) is 4.32. The van der Waals surface area contributed by atoms with Crippen LogP contribution in [-0.2, 0) is 4.79 Å². The lowest BCUT2D eigenvalue weighted by molar-refractivity contribution is -0.123. The molecule has 0 radical (unpaired) electrons. The Labute approximate surface area is 124 Å². The molecule has 1 aliphatic heterocycles. The van der Waals surface area contributed by atoms with Crippen molar-refractivity contribution in [3.63, 3.8) is 0 Å². The monoisotopic (exact) mass is 288 g/mol. The van der Waals surface area contributed by atoms with Crippen molar-refractivity contribution < 1.29 is 4.79 Å². The average molecular weight is 288 g/mol. The first-order valence-corrected chi connectivity index (χ1v) is 7.74. The molecule has 1 fully saturated rings. The Morgan fingerprint density at radius 1 is 1.50 bits per heavy atom. The first-order valence-electron chi connectivity index (χ1n) is 6.76. The Bertz CT molecular complexity index is 515. The number of benzene rings is 1. The van der Waals surface area contributed by atoms with E-state index in [-0.39, 0.29) is 11.9 Å². The fraction of sp³-hybridized carbons (Fsp3) is 0.312. The highest BCUT2D eigenvalue weighted by molar-refractivity contribution is 7.99. The van der Waals surface area contributed by atoms with Crippen LogP contribution in [0.25, 0.3) is 6.08 Å². The normalized spacial score (nSPS) is 19.1. The van der Waals surface area contributed by atoms with Crippen LogP contribution in [0.4, 0.5) is 0 Å². The molecular weight excluding hydrogens is 268 g/mol.